The molecule has 3 fully saturated rings. The molecule has 4 rings (SSSR count). The van der Waals surface area contributed by atoms with Gasteiger partial charge in [-0.3, -0.25) is 0 Å². The Morgan fingerprint density at radius 3 is 3.08 bits per heavy atom. The van der Waals surface area contributed by atoms with Gasteiger partial charge in [-0.1, -0.05) is 19.6 Å². The Kier molecular flexibility index (Phi) is 4.02. The quantitative estimate of drug-likeness (QED) is 0.583. The van der Waals surface area contributed by atoms with Crippen molar-refractivity contribution in [3.05, 3.63) is 34.5 Å². The number of thiophene rings is 1. The normalized spacial score (nSPS) is 37.0. The zero-order chi connectivity index (χ0) is 17.8. The molecule has 0 radical (unpaired) electrons. The van der Waals surface area contributed by atoms with Gasteiger partial charge in [0, 0.05) is 11.5 Å². The fraction of sp³-hybridized carbons (Fsp3) is 0.600. The van der Waals surface area contributed by atoms with Crippen molar-refractivity contribution in [2.45, 2.75) is 51.7 Å². The first-order chi connectivity index (χ1) is 11.9. The molecule has 1 aliphatic heterocycles. The highest BCUT2D eigenvalue weighted by atomic mass is 32.1. The van der Waals surface area contributed by atoms with Gasteiger partial charge >= 0.3 is 11.9 Å². The summed E-state index contributed by atoms with van der Waals surface area (Å²) in [6, 6.07) is 3.66. The van der Waals surface area contributed by atoms with E-state index in [1.807, 2.05) is 18.4 Å². The first-order valence-corrected chi connectivity index (χ1v) is 9.92. The van der Waals surface area contributed by atoms with Crippen LogP contribution in [0.3, 0.4) is 0 Å². The highest BCUT2D eigenvalue weighted by Gasteiger charge is 2.66. The summed E-state index contributed by atoms with van der Waals surface area (Å²) in [5.74, 6) is 1.06. The first-order valence-electron chi connectivity index (χ1n) is 9.04. The topological polar surface area (TPSA) is 52.6 Å². The van der Waals surface area contributed by atoms with E-state index in [9.17, 15) is 9.59 Å². The molecular weight excluding hydrogens is 336 g/mol. The smallest absolute Gasteiger partial charge is 0.348 e. The van der Waals surface area contributed by atoms with Crippen LogP contribution < -0.4 is 0 Å². The lowest BCUT2D eigenvalue weighted by Gasteiger charge is -2.27. The van der Waals surface area contributed by atoms with Crippen LogP contribution >= 0.6 is 11.3 Å². The first kappa shape index (κ1) is 16.8. The molecule has 1 saturated heterocycles. The van der Waals surface area contributed by atoms with Crippen molar-refractivity contribution >= 4 is 23.3 Å². The van der Waals surface area contributed by atoms with E-state index in [-0.39, 0.29) is 35.5 Å². The van der Waals surface area contributed by atoms with Gasteiger partial charge in [0.15, 0.2) is 0 Å². The molecule has 2 unspecified atom stereocenters. The van der Waals surface area contributed by atoms with Crippen LogP contribution in [0, 0.1) is 23.2 Å². The Bertz CT molecular complexity index is 709. The van der Waals surface area contributed by atoms with Crippen molar-refractivity contribution in [3.8, 4) is 0 Å². The zero-order valence-corrected chi connectivity index (χ0v) is 15.5. The maximum Gasteiger partial charge on any atom is 0.348 e. The fourth-order valence-electron chi connectivity index (χ4n) is 5.00. The number of carbonyl (C=O) groups is 2. The third kappa shape index (κ3) is 2.82. The minimum absolute atomic E-state index is 0.0281. The van der Waals surface area contributed by atoms with Crippen molar-refractivity contribution in [2.24, 2.45) is 23.2 Å². The minimum atomic E-state index is -0.223. The highest BCUT2D eigenvalue weighted by Crippen LogP contribution is 2.70. The molecule has 0 amide bonds. The zero-order valence-electron chi connectivity index (χ0n) is 14.7. The van der Waals surface area contributed by atoms with Crippen LogP contribution in [-0.4, -0.2) is 24.1 Å². The van der Waals surface area contributed by atoms with E-state index in [2.05, 4.69) is 13.5 Å². The summed E-state index contributed by atoms with van der Waals surface area (Å²) in [4.78, 5) is 24.4. The van der Waals surface area contributed by atoms with Gasteiger partial charge in [-0.05, 0) is 61.3 Å². The third-order valence-electron chi connectivity index (χ3n) is 6.55. The summed E-state index contributed by atoms with van der Waals surface area (Å²) in [6.07, 6.45) is 3.85. The van der Waals surface area contributed by atoms with Gasteiger partial charge in [-0.2, -0.15) is 0 Å². The Morgan fingerprint density at radius 2 is 2.36 bits per heavy atom. The maximum atomic E-state index is 12.0. The molecule has 0 bridgehead atoms. The van der Waals surface area contributed by atoms with E-state index in [1.165, 1.54) is 11.3 Å². The minimum Gasteiger partial charge on any atom is -0.458 e. The van der Waals surface area contributed by atoms with E-state index >= 15 is 0 Å². The van der Waals surface area contributed by atoms with E-state index in [0.29, 0.717) is 22.3 Å². The molecule has 0 N–H and O–H groups in total. The fourth-order valence-corrected chi connectivity index (χ4v) is 5.60. The molecule has 4 nitrogen and oxygen atoms in total. The molecule has 2 aliphatic carbocycles. The van der Waals surface area contributed by atoms with Crippen LogP contribution in [0.5, 0.6) is 0 Å². The Labute approximate surface area is 152 Å². The molecular formula is C20H24O4S. The maximum absolute atomic E-state index is 12.0. The number of hydrogen-bond donors (Lipinski definition) is 0. The Hall–Kier alpha value is -1.62. The van der Waals surface area contributed by atoms with Gasteiger partial charge in [0.05, 0.1) is 6.10 Å². The van der Waals surface area contributed by atoms with E-state index in [0.717, 1.165) is 25.7 Å². The predicted molar refractivity (Wildman–Crippen MR) is 95.3 cm³/mol. The summed E-state index contributed by atoms with van der Waals surface area (Å²) in [5.41, 5.74) is 0.930. The van der Waals surface area contributed by atoms with Crippen molar-refractivity contribution in [2.75, 3.05) is 0 Å². The molecule has 25 heavy (non-hydrogen) atoms. The lowest BCUT2D eigenvalue weighted by atomic mass is 9.79. The number of ether oxygens (including phenoxy) is 2. The summed E-state index contributed by atoms with van der Waals surface area (Å²) >= 11 is 1.41. The second kappa shape index (κ2) is 5.97. The number of fused-ring (bicyclic) bond motifs is 2. The van der Waals surface area contributed by atoms with Crippen molar-refractivity contribution in [1.82, 2.24) is 0 Å². The van der Waals surface area contributed by atoms with Crippen LogP contribution in [0.15, 0.2) is 29.7 Å². The number of carbonyl (C=O) groups excluding carboxylic acids is 2. The van der Waals surface area contributed by atoms with Crippen LogP contribution in [0.1, 0.15) is 49.2 Å². The molecule has 1 aromatic rings. The van der Waals surface area contributed by atoms with Gasteiger partial charge in [0.2, 0.25) is 0 Å². The van der Waals surface area contributed by atoms with Crippen LogP contribution in [-0.2, 0) is 14.3 Å². The van der Waals surface area contributed by atoms with Gasteiger partial charge in [0.1, 0.15) is 11.0 Å². The van der Waals surface area contributed by atoms with Crippen molar-refractivity contribution in [3.63, 3.8) is 0 Å². The molecule has 1 aromatic heterocycles. The van der Waals surface area contributed by atoms with Crippen molar-refractivity contribution in [1.29, 1.82) is 0 Å². The van der Waals surface area contributed by atoms with E-state index in [1.54, 1.807) is 6.07 Å². The largest absolute Gasteiger partial charge is 0.458 e. The molecule has 3 aliphatic rings. The SMILES string of the molecule is C=C1C(=O)O[C@@H]2C[C@]3(C)C(CCC(C)OC(=O)c4cccs4)[C@@H]3C[C@H]12. The van der Waals surface area contributed by atoms with Crippen LogP contribution in [0.25, 0.3) is 0 Å². The molecule has 2 saturated carbocycles. The summed E-state index contributed by atoms with van der Waals surface area (Å²) < 4.78 is 11.1. The van der Waals surface area contributed by atoms with Gasteiger partial charge in [-0.15, -0.1) is 11.3 Å². The average Bonchev–Trinajstić information content (AvgIpc) is 2.93. The summed E-state index contributed by atoms with van der Waals surface area (Å²) in [7, 11) is 0. The van der Waals surface area contributed by atoms with Gasteiger partial charge in [0.25, 0.3) is 0 Å². The molecule has 6 atom stereocenters. The molecule has 0 aromatic carbocycles. The highest BCUT2D eigenvalue weighted by molar-refractivity contribution is 7.11. The summed E-state index contributed by atoms with van der Waals surface area (Å²) in [6.45, 7) is 8.21. The molecule has 0 spiro atoms. The Balaban J connectivity index is 1.29. The Morgan fingerprint density at radius 1 is 1.56 bits per heavy atom. The van der Waals surface area contributed by atoms with Crippen LogP contribution in [0.2, 0.25) is 0 Å². The van der Waals surface area contributed by atoms with E-state index in [4.69, 9.17) is 9.47 Å². The number of rotatable bonds is 5. The molecule has 2 heterocycles. The van der Waals surface area contributed by atoms with E-state index < -0.39 is 0 Å². The molecule has 5 heteroatoms. The average molecular weight is 360 g/mol. The number of esters is 2. The number of hydrogen-bond acceptors (Lipinski definition) is 5. The lowest BCUT2D eigenvalue weighted by molar-refractivity contribution is -0.140. The second-order valence-electron chi connectivity index (χ2n) is 8.00. The third-order valence-corrected chi connectivity index (χ3v) is 7.40. The van der Waals surface area contributed by atoms with Crippen molar-refractivity contribution < 1.29 is 19.1 Å². The predicted octanol–water partition coefficient (Wildman–Crippen LogP) is 4.22. The van der Waals surface area contributed by atoms with Gasteiger partial charge < -0.3 is 9.47 Å². The van der Waals surface area contributed by atoms with Gasteiger partial charge in [-0.25, -0.2) is 9.59 Å². The van der Waals surface area contributed by atoms with Crippen LogP contribution in [0.4, 0.5) is 0 Å². The molecule has 134 valence electrons. The standard InChI is InChI=1S/C20H24O4S/c1-11(23-19(22)17-5-4-8-25-17)6-7-14-15-9-13-12(2)18(21)24-16(13)10-20(14,15)3/h4-5,8,11,13-16H,2,6-7,9-10H2,1,3H3/t11?,13-,14?,15+,16-,20-/m1/s1. The second-order valence-corrected chi connectivity index (χ2v) is 8.95. The monoisotopic (exact) mass is 360 g/mol. The lowest BCUT2D eigenvalue weighted by Crippen LogP contribution is -2.26. The summed E-state index contributed by atoms with van der Waals surface area (Å²) in [5, 5.41) is 1.88.